The van der Waals surface area contributed by atoms with Gasteiger partial charge in [-0.3, -0.25) is 0 Å². The van der Waals surface area contributed by atoms with Crippen molar-refractivity contribution < 1.29 is 0 Å². The molecule has 0 saturated carbocycles. The van der Waals surface area contributed by atoms with Crippen LogP contribution in [0.4, 0.5) is 5.69 Å². The molecule has 1 N–H and O–H groups in total. The summed E-state index contributed by atoms with van der Waals surface area (Å²) in [6.45, 7) is 0.800. The van der Waals surface area contributed by atoms with Crippen molar-refractivity contribution in [2.24, 2.45) is 0 Å². The standard InChI is InChI=1S/C17H12Br3N/c18-14-4-2-13-9-15(5-3-12(13)8-14)21-10-11-1-6-16(19)17(20)7-11/h1-9,21H,10H2. The number of anilines is 1. The monoisotopic (exact) mass is 467 g/mol. The number of rotatable bonds is 3. The fourth-order valence-corrected chi connectivity index (χ4v) is 3.23. The van der Waals surface area contributed by atoms with Gasteiger partial charge in [0.15, 0.2) is 0 Å². The summed E-state index contributed by atoms with van der Waals surface area (Å²) in [5.74, 6) is 0. The van der Waals surface area contributed by atoms with Crippen molar-refractivity contribution in [3.63, 3.8) is 0 Å². The number of halogens is 3. The van der Waals surface area contributed by atoms with Crippen LogP contribution in [-0.4, -0.2) is 0 Å². The molecule has 0 aliphatic carbocycles. The van der Waals surface area contributed by atoms with Gasteiger partial charge in [0.1, 0.15) is 0 Å². The molecule has 21 heavy (non-hydrogen) atoms. The highest BCUT2D eigenvalue weighted by Crippen LogP contribution is 2.25. The Bertz CT molecular complexity index is 799. The van der Waals surface area contributed by atoms with Crippen molar-refractivity contribution in [2.45, 2.75) is 6.54 Å². The predicted molar refractivity (Wildman–Crippen MR) is 101 cm³/mol. The molecule has 0 amide bonds. The van der Waals surface area contributed by atoms with Gasteiger partial charge >= 0.3 is 0 Å². The molecule has 0 aliphatic heterocycles. The first kappa shape index (κ1) is 15.1. The van der Waals surface area contributed by atoms with Crippen LogP contribution in [0.3, 0.4) is 0 Å². The Morgan fingerprint density at radius 1 is 0.714 bits per heavy atom. The third-order valence-electron chi connectivity index (χ3n) is 3.28. The molecular weight excluding hydrogens is 458 g/mol. The average Bonchev–Trinajstić information content (AvgIpc) is 2.48. The van der Waals surface area contributed by atoms with Gasteiger partial charge in [0, 0.05) is 25.7 Å². The molecule has 0 radical (unpaired) electrons. The first-order valence-electron chi connectivity index (χ1n) is 6.49. The fourth-order valence-electron chi connectivity index (χ4n) is 2.18. The largest absolute Gasteiger partial charge is 0.381 e. The van der Waals surface area contributed by atoms with Crippen LogP contribution in [0.5, 0.6) is 0 Å². The highest BCUT2D eigenvalue weighted by molar-refractivity contribution is 9.13. The Morgan fingerprint density at radius 3 is 2.29 bits per heavy atom. The highest BCUT2D eigenvalue weighted by atomic mass is 79.9. The number of nitrogens with one attached hydrogen (secondary N) is 1. The van der Waals surface area contributed by atoms with Gasteiger partial charge in [-0.25, -0.2) is 0 Å². The topological polar surface area (TPSA) is 12.0 Å². The van der Waals surface area contributed by atoms with E-state index in [9.17, 15) is 0 Å². The van der Waals surface area contributed by atoms with Crippen LogP contribution in [0.2, 0.25) is 0 Å². The molecular formula is C17H12Br3N. The Kier molecular flexibility index (Phi) is 4.67. The van der Waals surface area contributed by atoms with Gasteiger partial charge in [-0.1, -0.05) is 34.1 Å². The number of fused-ring (bicyclic) bond motifs is 1. The molecule has 1 nitrogen and oxygen atoms in total. The summed E-state index contributed by atoms with van der Waals surface area (Å²) in [5.41, 5.74) is 2.37. The lowest BCUT2D eigenvalue weighted by molar-refractivity contribution is 1.15. The molecule has 0 aliphatic rings. The van der Waals surface area contributed by atoms with Crippen LogP contribution in [0, 0.1) is 0 Å². The van der Waals surface area contributed by atoms with Crippen LogP contribution in [0.25, 0.3) is 10.8 Å². The SMILES string of the molecule is Brc1ccc2cc(NCc3ccc(Br)c(Br)c3)ccc2c1. The minimum Gasteiger partial charge on any atom is -0.381 e. The van der Waals surface area contributed by atoms with Crippen molar-refractivity contribution in [1.29, 1.82) is 0 Å². The first-order chi connectivity index (χ1) is 10.1. The van der Waals surface area contributed by atoms with E-state index < -0.39 is 0 Å². The van der Waals surface area contributed by atoms with Gasteiger partial charge in [-0.2, -0.15) is 0 Å². The van der Waals surface area contributed by atoms with Crippen molar-refractivity contribution in [3.8, 4) is 0 Å². The van der Waals surface area contributed by atoms with E-state index in [1.807, 2.05) is 0 Å². The van der Waals surface area contributed by atoms with E-state index in [1.54, 1.807) is 0 Å². The van der Waals surface area contributed by atoms with Gasteiger partial charge in [0.2, 0.25) is 0 Å². The van der Waals surface area contributed by atoms with E-state index >= 15 is 0 Å². The summed E-state index contributed by atoms with van der Waals surface area (Å²) in [4.78, 5) is 0. The van der Waals surface area contributed by atoms with Crippen LogP contribution in [0.1, 0.15) is 5.56 Å². The lowest BCUT2D eigenvalue weighted by Gasteiger charge is -2.09. The van der Waals surface area contributed by atoms with Gasteiger partial charge in [0.25, 0.3) is 0 Å². The van der Waals surface area contributed by atoms with E-state index in [-0.39, 0.29) is 0 Å². The van der Waals surface area contributed by atoms with E-state index in [0.29, 0.717) is 0 Å². The molecule has 0 saturated heterocycles. The Labute approximate surface area is 149 Å². The van der Waals surface area contributed by atoms with Crippen molar-refractivity contribution in [2.75, 3.05) is 5.32 Å². The zero-order valence-electron chi connectivity index (χ0n) is 11.0. The van der Waals surface area contributed by atoms with Crippen LogP contribution in [-0.2, 0) is 6.54 Å². The van der Waals surface area contributed by atoms with E-state index in [4.69, 9.17) is 0 Å². The Balaban J connectivity index is 1.78. The average molecular weight is 470 g/mol. The second-order valence-electron chi connectivity index (χ2n) is 4.81. The van der Waals surface area contributed by atoms with E-state index in [1.165, 1.54) is 16.3 Å². The van der Waals surface area contributed by atoms with E-state index in [0.717, 1.165) is 25.7 Å². The third-order valence-corrected chi connectivity index (χ3v) is 5.66. The quantitative estimate of drug-likeness (QED) is 0.448. The minimum absolute atomic E-state index is 0.800. The number of benzene rings is 3. The molecule has 3 aromatic rings. The Morgan fingerprint density at radius 2 is 1.48 bits per heavy atom. The maximum Gasteiger partial charge on any atom is 0.0401 e. The molecule has 0 bridgehead atoms. The molecule has 3 rings (SSSR count). The lowest BCUT2D eigenvalue weighted by Crippen LogP contribution is -1.99. The maximum absolute atomic E-state index is 3.53. The summed E-state index contributed by atoms with van der Waals surface area (Å²) in [6.07, 6.45) is 0. The molecule has 4 heteroatoms. The summed E-state index contributed by atoms with van der Waals surface area (Å²) in [6, 6.07) is 19.0. The molecule has 0 spiro atoms. The smallest absolute Gasteiger partial charge is 0.0401 e. The van der Waals surface area contributed by atoms with Gasteiger partial charge in [-0.05, 0) is 84.6 Å². The Hall–Kier alpha value is -0.840. The summed E-state index contributed by atoms with van der Waals surface area (Å²) in [5, 5.41) is 5.94. The molecule has 0 heterocycles. The van der Waals surface area contributed by atoms with Crippen LogP contribution < -0.4 is 5.32 Å². The molecule has 106 valence electrons. The third kappa shape index (κ3) is 3.68. The number of hydrogen-bond donors (Lipinski definition) is 1. The zero-order chi connectivity index (χ0) is 14.8. The normalized spacial score (nSPS) is 10.8. The van der Waals surface area contributed by atoms with Gasteiger partial charge in [-0.15, -0.1) is 0 Å². The van der Waals surface area contributed by atoms with Crippen LogP contribution >= 0.6 is 47.8 Å². The van der Waals surface area contributed by atoms with Gasteiger partial charge < -0.3 is 5.32 Å². The minimum atomic E-state index is 0.800. The van der Waals surface area contributed by atoms with Crippen molar-refractivity contribution in [1.82, 2.24) is 0 Å². The predicted octanol–water partition coefficient (Wildman–Crippen LogP) is 6.74. The fraction of sp³-hybridized carbons (Fsp3) is 0.0588. The van der Waals surface area contributed by atoms with Gasteiger partial charge in [0.05, 0.1) is 0 Å². The molecule has 0 unspecified atom stereocenters. The van der Waals surface area contributed by atoms with Crippen molar-refractivity contribution >= 4 is 64.2 Å². The first-order valence-corrected chi connectivity index (χ1v) is 8.87. The van der Waals surface area contributed by atoms with Crippen molar-refractivity contribution in [3.05, 3.63) is 73.6 Å². The summed E-state index contributed by atoms with van der Waals surface area (Å²) >= 11 is 10.5. The maximum atomic E-state index is 3.53. The van der Waals surface area contributed by atoms with Crippen LogP contribution in [0.15, 0.2) is 68.0 Å². The second kappa shape index (κ2) is 6.51. The summed E-state index contributed by atoms with van der Waals surface area (Å²) in [7, 11) is 0. The lowest BCUT2D eigenvalue weighted by atomic mass is 10.1. The highest BCUT2D eigenvalue weighted by Gasteiger charge is 2.00. The zero-order valence-corrected chi connectivity index (χ0v) is 15.8. The molecule has 0 atom stereocenters. The van der Waals surface area contributed by atoms with E-state index in [2.05, 4.69) is 108 Å². The molecule has 0 aromatic heterocycles. The number of hydrogen-bond acceptors (Lipinski definition) is 1. The second-order valence-corrected chi connectivity index (χ2v) is 7.43. The summed E-state index contributed by atoms with van der Waals surface area (Å²) < 4.78 is 3.25. The molecule has 0 fully saturated rings. The molecule has 3 aromatic carbocycles.